The van der Waals surface area contributed by atoms with E-state index in [1.807, 2.05) is 20.8 Å². The molecule has 3 fully saturated rings. The predicted octanol–water partition coefficient (Wildman–Crippen LogP) is 4.93. The Morgan fingerprint density at radius 2 is 1.93 bits per heavy atom. The van der Waals surface area contributed by atoms with Gasteiger partial charge in [0.1, 0.15) is 18.0 Å². The minimum absolute atomic E-state index is 0.230. The van der Waals surface area contributed by atoms with Gasteiger partial charge in [0.2, 0.25) is 0 Å². The largest absolute Gasteiger partial charge is 0.462 e. The highest BCUT2D eigenvalue weighted by Crippen LogP contribution is 2.44. The molecule has 41 heavy (non-hydrogen) atoms. The van der Waals surface area contributed by atoms with Crippen molar-refractivity contribution >= 4 is 11.9 Å². The topological polar surface area (TPSA) is 94.8 Å². The van der Waals surface area contributed by atoms with Crippen molar-refractivity contribution < 1.29 is 14.3 Å². The maximum absolute atomic E-state index is 13.0. The number of hydrogen-bond acceptors (Lipinski definition) is 8. The Hall–Kier alpha value is -3.38. The van der Waals surface area contributed by atoms with E-state index >= 15 is 0 Å². The van der Waals surface area contributed by atoms with Gasteiger partial charge in [0, 0.05) is 36.8 Å². The summed E-state index contributed by atoms with van der Waals surface area (Å²) in [6, 6.07) is 9.69. The molecule has 4 aliphatic rings. The third-order valence-electron chi connectivity index (χ3n) is 8.86. The van der Waals surface area contributed by atoms with Crippen molar-refractivity contribution in [2.24, 2.45) is 0 Å². The summed E-state index contributed by atoms with van der Waals surface area (Å²) in [7, 11) is 2.15. The molecule has 0 bridgehead atoms. The first-order chi connectivity index (χ1) is 19.7. The summed E-state index contributed by atoms with van der Waals surface area (Å²) in [4.78, 5) is 29.4. The van der Waals surface area contributed by atoms with Gasteiger partial charge in [-0.05, 0) is 96.0 Å². The van der Waals surface area contributed by atoms with Crippen LogP contribution in [0.15, 0.2) is 18.2 Å². The third-order valence-corrected chi connectivity index (χ3v) is 8.86. The average molecular weight is 559 g/mol. The van der Waals surface area contributed by atoms with Gasteiger partial charge in [-0.25, -0.2) is 4.79 Å². The molecular weight excluding hydrogens is 516 g/mol. The summed E-state index contributed by atoms with van der Waals surface area (Å²) in [6.45, 7) is 8.82. The zero-order valence-corrected chi connectivity index (χ0v) is 24.9. The molecule has 0 radical (unpaired) electrons. The Labute approximate surface area is 243 Å². The number of aryl methyl sites for hydroxylation is 1. The first-order valence-electron chi connectivity index (χ1n) is 15.2. The van der Waals surface area contributed by atoms with Gasteiger partial charge in [-0.15, -0.1) is 0 Å². The lowest BCUT2D eigenvalue weighted by molar-refractivity contribution is 0.0144. The Bertz CT molecular complexity index is 1340. The molecule has 2 aliphatic heterocycles. The zero-order valence-electron chi connectivity index (χ0n) is 24.9. The van der Waals surface area contributed by atoms with Crippen LogP contribution in [-0.2, 0) is 17.6 Å². The fourth-order valence-electron chi connectivity index (χ4n) is 6.44. The van der Waals surface area contributed by atoms with E-state index in [9.17, 15) is 10.1 Å². The van der Waals surface area contributed by atoms with Crippen LogP contribution in [0.2, 0.25) is 0 Å². The zero-order chi connectivity index (χ0) is 28.7. The second-order valence-corrected chi connectivity index (χ2v) is 13.1. The second kappa shape index (κ2) is 11.1. The number of likely N-dealkylation sites (N-methyl/N-ethyl adjacent to an activating group) is 1. The lowest BCUT2D eigenvalue weighted by Crippen LogP contribution is -2.56. The van der Waals surface area contributed by atoms with Gasteiger partial charge in [0.25, 0.3) is 0 Å². The van der Waals surface area contributed by atoms with Crippen LogP contribution in [-0.4, -0.2) is 83.4 Å². The van der Waals surface area contributed by atoms with Crippen LogP contribution >= 0.6 is 0 Å². The second-order valence-electron chi connectivity index (χ2n) is 13.1. The maximum Gasteiger partial charge on any atom is 0.410 e. The molecule has 1 aromatic heterocycles. The van der Waals surface area contributed by atoms with Crippen molar-refractivity contribution in [1.29, 1.82) is 5.26 Å². The molecule has 0 spiro atoms. The van der Waals surface area contributed by atoms with E-state index in [4.69, 9.17) is 19.4 Å². The van der Waals surface area contributed by atoms with Gasteiger partial charge >= 0.3 is 12.1 Å². The number of rotatable bonds is 6. The molecule has 2 aliphatic carbocycles. The molecule has 0 N–H and O–H groups in total. The van der Waals surface area contributed by atoms with Crippen LogP contribution in [0.25, 0.3) is 11.3 Å². The molecular formula is C32H42N6O3. The highest BCUT2D eigenvalue weighted by Gasteiger charge is 2.36. The minimum Gasteiger partial charge on any atom is -0.462 e. The van der Waals surface area contributed by atoms with E-state index < -0.39 is 5.60 Å². The summed E-state index contributed by atoms with van der Waals surface area (Å²) < 4.78 is 12.0. The van der Waals surface area contributed by atoms with Crippen molar-refractivity contribution in [3.05, 3.63) is 34.9 Å². The van der Waals surface area contributed by atoms with Crippen molar-refractivity contribution in [3.63, 3.8) is 0 Å². The van der Waals surface area contributed by atoms with E-state index in [1.165, 1.54) is 36.0 Å². The third kappa shape index (κ3) is 5.99. The van der Waals surface area contributed by atoms with Crippen LogP contribution in [0.4, 0.5) is 10.6 Å². The average Bonchev–Trinajstić information content (AvgIpc) is 3.71. The van der Waals surface area contributed by atoms with E-state index in [0.717, 1.165) is 42.9 Å². The highest BCUT2D eigenvalue weighted by molar-refractivity contribution is 5.76. The maximum atomic E-state index is 13.0. The van der Waals surface area contributed by atoms with Crippen LogP contribution in [0.1, 0.15) is 75.5 Å². The van der Waals surface area contributed by atoms with Gasteiger partial charge in [-0.3, -0.25) is 0 Å². The molecule has 1 saturated carbocycles. The molecule has 2 saturated heterocycles. The molecule has 6 rings (SSSR count). The van der Waals surface area contributed by atoms with Crippen molar-refractivity contribution in [3.8, 4) is 23.3 Å². The van der Waals surface area contributed by atoms with Crippen molar-refractivity contribution in [1.82, 2.24) is 19.8 Å². The molecule has 9 nitrogen and oxygen atoms in total. The minimum atomic E-state index is -0.594. The molecule has 1 amide bonds. The number of likely N-dealkylation sites (tertiary alicyclic amines) is 1. The molecule has 2 aromatic rings. The summed E-state index contributed by atoms with van der Waals surface area (Å²) in [5, 5.41) is 9.63. The Kier molecular flexibility index (Phi) is 7.54. The molecule has 9 heteroatoms. The Morgan fingerprint density at radius 1 is 1.10 bits per heavy atom. The first kappa shape index (κ1) is 27.8. The molecule has 0 unspecified atom stereocenters. The van der Waals surface area contributed by atoms with Gasteiger partial charge in [-0.2, -0.15) is 15.2 Å². The van der Waals surface area contributed by atoms with Crippen LogP contribution in [0.3, 0.4) is 0 Å². The fourth-order valence-corrected chi connectivity index (χ4v) is 6.44. The molecule has 2 atom stereocenters. The molecule has 1 aromatic carbocycles. The van der Waals surface area contributed by atoms with Crippen LogP contribution in [0.5, 0.6) is 6.01 Å². The van der Waals surface area contributed by atoms with Gasteiger partial charge in [-0.1, -0.05) is 12.1 Å². The van der Waals surface area contributed by atoms with E-state index in [1.54, 1.807) is 4.90 Å². The molecule has 218 valence electrons. The monoisotopic (exact) mass is 558 g/mol. The first-order valence-corrected chi connectivity index (χ1v) is 15.2. The van der Waals surface area contributed by atoms with E-state index in [0.29, 0.717) is 44.2 Å². The summed E-state index contributed by atoms with van der Waals surface area (Å²) in [5.74, 6) is 1.53. The quantitative estimate of drug-likeness (QED) is 0.493. The lowest BCUT2D eigenvalue weighted by atomic mass is 9.87. The number of aromatic nitrogens is 2. The molecule has 3 heterocycles. The number of carbonyl (C=O) groups excluding carboxylic acids is 1. The number of ether oxygens (including phenoxy) is 2. The summed E-state index contributed by atoms with van der Waals surface area (Å²) in [6.07, 6.45) is 6.46. The van der Waals surface area contributed by atoms with Crippen molar-refractivity contribution in [2.45, 2.75) is 89.3 Å². The van der Waals surface area contributed by atoms with Crippen molar-refractivity contribution in [2.75, 3.05) is 44.7 Å². The highest BCUT2D eigenvalue weighted by atomic mass is 16.6. The Morgan fingerprint density at radius 3 is 2.63 bits per heavy atom. The number of nitriles is 1. The predicted molar refractivity (Wildman–Crippen MR) is 157 cm³/mol. The van der Waals surface area contributed by atoms with E-state index in [-0.39, 0.29) is 18.6 Å². The number of fused-ring (bicyclic) bond motifs is 3. The lowest BCUT2D eigenvalue weighted by Gasteiger charge is -2.42. The summed E-state index contributed by atoms with van der Waals surface area (Å²) in [5.41, 5.74) is 5.43. The van der Waals surface area contributed by atoms with Crippen LogP contribution in [0, 0.1) is 11.3 Å². The van der Waals surface area contributed by atoms with Crippen LogP contribution < -0.4 is 9.64 Å². The van der Waals surface area contributed by atoms with Gasteiger partial charge in [0.05, 0.1) is 24.2 Å². The van der Waals surface area contributed by atoms with Gasteiger partial charge in [0.15, 0.2) is 0 Å². The number of hydrogen-bond donors (Lipinski definition) is 0. The number of piperazine rings is 1. The number of amides is 1. The summed E-state index contributed by atoms with van der Waals surface area (Å²) >= 11 is 0. The number of nitrogens with zero attached hydrogens (tertiary/aromatic N) is 6. The smallest absolute Gasteiger partial charge is 0.410 e. The SMILES string of the molecule is CN1CCC[C@H]1COc1nc2c(c(N3CCN(C(=O)OC(C)(C)C)[C@@H](CC#N)C3)n1)CCc1ccc(C3CC3)cc1-2. The number of benzene rings is 1. The Balaban J connectivity index is 1.33. The number of anilines is 1. The fraction of sp³-hybridized carbons (Fsp3) is 0.625. The van der Waals surface area contributed by atoms with E-state index in [2.05, 4.69) is 41.1 Å². The number of carbonyl (C=O) groups is 1. The van der Waals surface area contributed by atoms with Gasteiger partial charge < -0.3 is 24.2 Å². The standard InChI is InChI=1S/C32H42N6O3/c1-32(2,3)41-31(39)38-17-16-37(19-24(38)13-14-33)29-26-12-11-22-9-10-23(21-7-8-21)18-27(22)28(26)34-30(35-29)40-20-25-6-5-15-36(25)4/h9-10,18,21,24-25H,5-8,11-13,15-17,19-20H2,1-4H3/t24-,25-/m0/s1. The normalized spacial score (nSPS) is 22.6.